The smallest absolute Gasteiger partial charge is 1.00 e. The van der Waals surface area contributed by atoms with Crippen LogP contribution in [0.4, 0.5) is 0 Å². The molecule has 0 saturated heterocycles. The van der Waals surface area contributed by atoms with Crippen molar-refractivity contribution in [3.05, 3.63) is 13.2 Å². The molecule has 0 saturated carbocycles. The molecule has 3 heteroatoms. The molecule has 18 valence electrons. The molecule has 0 N–H and O–H groups in total. The molecule has 0 aliphatic rings. The molecule has 0 unspecified atom stereocenters. The van der Waals surface area contributed by atoms with Crippen LogP contribution in [0.25, 0.3) is 0 Å². The molecule has 0 nitrogen and oxygen atoms in total. The van der Waals surface area contributed by atoms with E-state index >= 15 is 0 Å². The van der Waals surface area contributed by atoms with Gasteiger partial charge in [-0.05, 0) is 0 Å². The van der Waals surface area contributed by atoms with Crippen LogP contribution in [0.15, 0.2) is 13.2 Å². The van der Waals surface area contributed by atoms with Crippen LogP contribution in [-0.2, 0) is 0 Å². The molecule has 5 heavy (non-hydrogen) atoms. The maximum atomic E-state index is 3.00. The maximum absolute atomic E-state index is 3.00. The van der Waals surface area contributed by atoms with E-state index in [-0.39, 0.29) is 158 Å². The first-order valence-electron chi connectivity index (χ1n) is 0.500. The normalized spacial score (nSPS) is 0.800. The summed E-state index contributed by atoms with van der Waals surface area (Å²) in [7, 11) is 0. The molecular weight excluding hydrogens is 141 g/mol. The first kappa shape index (κ1) is 22.6. The van der Waals surface area contributed by atoms with E-state index < -0.39 is 0 Å². The van der Waals surface area contributed by atoms with Gasteiger partial charge in [0, 0.05) is 0 Å². The van der Waals surface area contributed by atoms with Gasteiger partial charge in [-0.1, -0.05) is 0 Å². The van der Waals surface area contributed by atoms with Crippen LogP contribution in [-0.4, -0.2) is 0 Å². The Balaban J connectivity index is -0.000000000333. The van der Waals surface area contributed by atoms with Crippen LogP contribution in [0.1, 0.15) is 4.28 Å². The van der Waals surface area contributed by atoms with Crippen molar-refractivity contribution in [1.82, 2.24) is 0 Å². The van der Waals surface area contributed by atoms with Gasteiger partial charge in [-0.3, -0.25) is 0 Å². The van der Waals surface area contributed by atoms with Crippen molar-refractivity contribution in [3.63, 3.8) is 0 Å². The molecular formula is C2H7K3. The minimum Gasteiger partial charge on any atom is -1.00 e. The third kappa shape index (κ3) is 17.7. The molecule has 0 aromatic rings. The second-order valence-corrected chi connectivity index (χ2v) is 0. The monoisotopic (exact) mass is 148 g/mol. The summed E-state index contributed by atoms with van der Waals surface area (Å²) in [5.41, 5.74) is 0. The van der Waals surface area contributed by atoms with Crippen molar-refractivity contribution in [2.75, 3.05) is 0 Å². The fraction of sp³-hybridized carbons (Fsp3) is 0. The van der Waals surface area contributed by atoms with Gasteiger partial charge < -0.3 is 4.28 Å². The fourth-order valence-electron chi connectivity index (χ4n) is 0. The fourth-order valence-corrected chi connectivity index (χ4v) is 0. The maximum Gasteiger partial charge on any atom is 1.00 e. The van der Waals surface area contributed by atoms with Gasteiger partial charge in [-0.15, -0.1) is 13.2 Å². The van der Waals surface area contributed by atoms with E-state index in [1.165, 1.54) is 0 Å². The molecule has 0 atom stereocenters. The summed E-state index contributed by atoms with van der Waals surface area (Å²) in [6.07, 6.45) is 0. The Morgan fingerprint density at radius 2 is 0.800 bits per heavy atom. The van der Waals surface area contributed by atoms with Crippen molar-refractivity contribution >= 4 is 0 Å². The predicted molar refractivity (Wildman–Crippen MR) is 14.6 cm³/mol. The Bertz CT molecular complexity index is 12.5. The molecule has 0 aromatic carbocycles. The van der Waals surface area contributed by atoms with Gasteiger partial charge in [0.1, 0.15) is 0 Å². The summed E-state index contributed by atoms with van der Waals surface area (Å²) in [5, 5.41) is 0. The third-order valence-electron chi connectivity index (χ3n) is 0. The standard InChI is InChI=1S/C2H4.3K.3H/c1-2;;;;;;/h1-2H2;;;;;;/q;3*+1;3*-1. The summed E-state index contributed by atoms with van der Waals surface area (Å²) in [4.78, 5) is 0. The van der Waals surface area contributed by atoms with E-state index in [0.717, 1.165) is 0 Å². The average Bonchev–Trinajstić information content (AvgIpc) is 1.00. The zero-order chi connectivity index (χ0) is 2.00. The van der Waals surface area contributed by atoms with Gasteiger partial charge >= 0.3 is 154 Å². The predicted octanol–water partition coefficient (Wildman–Crippen LogP) is -7.85. The molecule has 0 aliphatic carbocycles. The van der Waals surface area contributed by atoms with Gasteiger partial charge in [-0.2, -0.15) is 0 Å². The topological polar surface area (TPSA) is 0 Å². The number of rotatable bonds is 0. The van der Waals surface area contributed by atoms with Gasteiger partial charge in [0.25, 0.3) is 0 Å². The van der Waals surface area contributed by atoms with Crippen LogP contribution in [0, 0.1) is 0 Å². The van der Waals surface area contributed by atoms with Crippen molar-refractivity contribution in [2.24, 2.45) is 0 Å². The number of hydrogen-bond acceptors (Lipinski definition) is 0. The van der Waals surface area contributed by atoms with E-state index in [1.807, 2.05) is 0 Å². The molecule has 0 spiro atoms. The summed E-state index contributed by atoms with van der Waals surface area (Å²) >= 11 is 0. The van der Waals surface area contributed by atoms with Crippen LogP contribution >= 0.6 is 0 Å². The van der Waals surface area contributed by atoms with E-state index in [4.69, 9.17) is 0 Å². The van der Waals surface area contributed by atoms with E-state index in [9.17, 15) is 0 Å². The second-order valence-electron chi connectivity index (χ2n) is 0. The Hall–Kier alpha value is 4.65. The molecule has 0 aliphatic heterocycles. The Morgan fingerprint density at radius 3 is 0.800 bits per heavy atom. The molecule has 0 radical (unpaired) electrons. The summed E-state index contributed by atoms with van der Waals surface area (Å²) < 4.78 is 0. The van der Waals surface area contributed by atoms with Crippen molar-refractivity contribution in [1.29, 1.82) is 0 Å². The Labute approximate surface area is 166 Å². The van der Waals surface area contributed by atoms with Crippen LogP contribution in [0.3, 0.4) is 0 Å². The average molecular weight is 148 g/mol. The minimum atomic E-state index is 0. The third-order valence-corrected chi connectivity index (χ3v) is 0. The zero-order valence-corrected chi connectivity index (χ0v) is 13.8. The second kappa shape index (κ2) is 23.4. The van der Waals surface area contributed by atoms with Gasteiger partial charge in [0.15, 0.2) is 0 Å². The van der Waals surface area contributed by atoms with Crippen molar-refractivity contribution in [2.45, 2.75) is 0 Å². The first-order chi connectivity index (χ1) is 1.00. The first-order valence-corrected chi connectivity index (χ1v) is 0.500. The minimum absolute atomic E-state index is 0. The van der Waals surface area contributed by atoms with Crippen LogP contribution < -0.4 is 154 Å². The number of hydrogen-bond donors (Lipinski definition) is 0. The SMILES string of the molecule is C=C.[H-].[H-].[H-].[K+].[K+].[K+]. The van der Waals surface area contributed by atoms with Crippen LogP contribution in [0.2, 0.25) is 0 Å². The van der Waals surface area contributed by atoms with Gasteiger partial charge in [0.05, 0.1) is 0 Å². The summed E-state index contributed by atoms with van der Waals surface area (Å²) in [6, 6.07) is 0. The molecule has 0 rings (SSSR count). The van der Waals surface area contributed by atoms with E-state index in [0.29, 0.717) is 0 Å². The van der Waals surface area contributed by atoms with Crippen molar-refractivity contribution in [3.8, 4) is 0 Å². The Morgan fingerprint density at radius 1 is 0.800 bits per heavy atom. The zero-order valence-electron chi connectivity index (χ0n) is 7.41. The molecule has 0 bridgehead atoms. The van der Waals surface area contributed by atoms with Gasteiger partial charge in [0.2, 0.25) is 0 Å². The largest absolute Gasteiger partial charge is 1.00 e. The van der Waals surface area contributed by atoms with E-state index in [1.54, 1.807) is 0 Å². The van der Waals surface area contributed by atoms with Crippen molar-refractivity contribution < 1.29 is 158 Å². The molecule has 0 aromatic heterocycles. The molecule has 0 heterocycles. The quantitative estimate of drug-likeness (QED) is 0.236. The molecule has 0 amide bonds. The van der Waals surface area contributed by atoms with Gasteiger partial charge in [-0.25, -0.2) is 0 Å². The molecule has 0 fully saturated rings. The Kier molecular flexibility index (Phi) is 106. The van der Waals surface area contributed by atoms with E-state index in [2.05, 4.69) is 13.2 Å². The summed E-state index contributed by atoms with van der Waals surface area (Å²) in [6.45, 7) is 6.00. The van der Waals surface area contributed by atoms with Crippen LogP contribution in [0.5, 0.6) is 0 Å². The summed E-state index contributed by atoms with van der Waals surface area (Å²) in [5.74, 6) is 0.